The number of esters is 1. The van der Waals surface area contributed by atoms with Crippen LogP contribution >= 0.6 is 0 Å². The predicted molar refractivity (Wildman–Crippen MR) is 76.8 cm³/mol. The molecule has 0 radical (unpaired) electrons. The molecule has 21 heavy (non-hydrogen) atoms. The largest absolute Gasteiger partial charge is 0.427 e. The van der Waals surface area contributed by atoms with E-state index < -0.39 is 12.0 Å². The molecule has 0 bridgehead atoms. The molecule has 2 rings (SSSR count). The standard InChI is InChI=1S/C15H16N2O4/c1-3-8-16-13-9-14(19)17(15(13)20)11-4-6-12(7-5-11)21-10(2)18/h3-7,13,16H,1,8-9H2,2H3. The van der Waals surface area contributed by atoms with Crippen molar-refractivity contribution >= 4 is 23.5 Å². The van der Waals surface area contributed by atoms with Crippen LogP contribution in [0, 0.1) is 0 Å². The monoisotopic (exact) mass is 288 g/mol. The van der Waals surface area contributed by atoms with Crippen LogP contribution in [-0.2, 0) is 14.4 Å². The van der Waals surface area contributed by atoms with Gasteiger partial charge in [-0.25, -0.2) is 4.90 Å². The van der Waals surface area contributed by atoms with E-state index in [2.05, 4.69) is 11.9 Å². The van der Waals surface area contributed by atoms with E-state index in [9.17, 15) is 14.4 Å². The molecule has 0 saturated carbocycles. The van der Waals surface area contributed by atoms with E-state index in [-0.39, 0.29) is 18.2 Å². The second kappa shape index (κ2) is 6.32. The average molecular weight is 288 g/mol. The first kappa shape index (κ1) is 14.9. The van der Waals surface area contributed by atoms with Crippen molar-refractivity contribution in [2.45, 2.75) is 19.4 Å². The van der Waals surface area contributed by atoms with Crippen molar-refractivity contribution < 1.29 is 19.1 Å². The topological polar surface area (TPSA) is 75.7 Å². The van der Waals surface area contributed by atoms with Crippen molar-refractivity contribution in [3.8, 4) is 5.75 Å². The molecule has 1 fully saturated rings. The first-order chi connectivity index (χ1) is 10.0. The van der Waals surface area contributed by atoms with Crippen LogP contribution < -0.4 is 15.0 Å². The molecular formula is C15H16N2O4. The summed E-state index contributed by atoms with van der Waals surface area (Å²) in [6.45, 7) is 5.33. The lowest BCUT2D eigenvalue weighted by molar-refractivity contribution is -0.132. The Hall–Kier alpha value is -2.47. The van der Waals surface area contributed by atoms with Gasteiger partial charge in [-0.1, -0.05) is 6.08 Å². The van der Waals surface area contributed by atoms with E-state index in [0.717, 1.165) is 4.90 Å². The summed E-state index contributed by atoms with van der Waals surface area (Å²) in [5.74, 6) is -0.611. The van der Waals surface area contributed by atoms with Crippen LogP contribution in [0.5, 0.6) is 5.75 Å². The maximum absolute atomic E-state index is 12.2. The number of amides is 2. The molecule has 0 aliphatic carbocycles. The van der Waals surface area contributed by atoms with Gasteiger partial charge in [-0.2, -0.15) is 0 Å². The van der Waals surface area contributed by atoms with Gasteiger partial charge in [-0.3, -0.25) is 14.4 Å². The number of nitrogens with zero attached hydrogens (tertiary/aromatic N) is 1. The highest BCUT2D eigenvalue weighted by molar-refractivity contribution is 6.22. The van der Waals surface area contributed by atoms with Crippen LogP contribution in [0.4, 0.5) is 5.69 Å². The van der Waals surface area contributed by atoms with Crippen LogP contribution in [0.2, 0.25) is 0 Å². The lowest BCUT2D eigenvalue weighted by Gasteiger charge is -2.15. The molecule has 1 saturated heterocycles. The molecule has 6 nitrogen and oxygen atoms in total. The second-order valence-corrected chi connectivity index (χ2v) is 4.61. The van der Waals surface area contributed by atoms with E-state index in [0.29, 0.717) is 18.0 Å². The minimum absolute atomic E-state index is 0.123. The molecule has 1 N–H and O–H groups in total. The fourth-order valence-corrected chi connectivity index (χ4v) is 2.12. The SMILES string of the molecule is C=CCNC1CC(=O)N(c2ccc(OC(C)=O)cc2)C1=O. The molecular weight excluding hydrogens is 272 g/mol. The van der Waals surface area contributed by atoms with Gasteiger partial charge in [0.25, 0.3) is 5.91 Å². The van der Waals surface area contributed by atoms with E-state index >= 15 is 0 Å². The van der Waals surface area contributed by atoms with Crippen LogP contribution in [0.15, 0.2) is 36.9 Å². The molecule has 110 valence electrons. The van der Waals surface area contributed by atoms with Gasteiger partial charge in [0.15, 0.2) is 0 Å². The van der Waals surface area contributed by atoms with Crippen molar-refractivity contribution in [2.75, 3.05) is 11.4 Å². The Morgan fingerprint density at radius 2 is 2.10 bits per heavy atom. The van der Waals surface area contributed by atoms with Crippen LogP contribution in [-0.4, -0.2) is 30.4 Å². The number of benzene rings is 1. The predicted octanol–water partition coefficient (Wildman–Crippen LogP) is 1.02. The minimum Gasteiger partial charge on any atom is -0.427 e. The summed E-state index contributed by atoms with van der Waals surface area (Å²) in [6, 6.07) is 5.71. The summed E-state index contributed by atoms with van der Waals surface area (Å²) in [7, 11) is 0. The molecule has 1 unspecified atom stereocenters. The Kier molecular flexibility index (Phi) is 4.49. The number of nitrogens with one attached hydrogen (secondary N) is 1. The summed E-state index contributed by atoms with van der Waals surface area (Å²) >= 11 is 0. The van der Waals surface area contributed by atoms with Crippen molar-refractivity contribution in [1.82, 2.24) is 5.32 Å². The van der Waals surface area contributed by atoms with Crippen LogP contribution in [0.3, 0.4) is 0 Å². The van der Waals surface area contributed by atoms with Crippen molar-refractivity contribution in [3.05, 3.63) is 36.9 Å². The molecule has 0 spiro atoms. The lowest BCUT2D eigenvalue weighted by atomic mass is 10.2. The number of anilines is 1. The molecule has 6 heteroatoms. The fraction of sp³-hybridized carbons (Fsp3) is 0.267. The number of hydrogen-bond acceptors (Lipinski definition) is 5. The number of imide groups is 1. The summed E-state index contributed by atoms with van der Waals surface area (Å²) < 4.78 is 4.91. The zero-order valence-corrected chi connectivity index (χ0v) is 11.7. The second-order valence-electron chi connectivity index (χ2n) is 4.61. The van der Waals surface area contributed by atoms with Gasteiger partial charge in [0.05, 0.1) is 18.2 Å². The number of rotatable bonds is 5. The fourth-order valence-electron chi connectivity index (χ4n) is 2.12. The number of hydrogen-bond donors (Lipinski definition) is 1. The quantitative estimate of drug-likeness (QED) is 0.379. The highest BCUT2D eigenvalue weighted by Crippen LogP contribution is 2.25. The number of carbonyl (C=O) groups excluding carboxylic acids is 3. The maximum atomic E-state index is 12.2. The van der Waals surface area contributed by atoms with Gasteiger partial charge < -0.3 is 10.1 Å². The van der Waals surface area contributed by atoms with E-state index in [1.807, 2.05) is 0 Å². The van der Waals surface area contributed by atoms with Gasteiger partial charge >= 0.3 is 5.97 Å². The van der Waals surface area contributed by atoms with Crippen molar-refractivity contribution in [1.29, 1.82) is 0 Å². The van der Waals surface area contributed by atoms with E-state index in [1.165, 1.54) is 6.92 Å². The molecule has 1 heterocycles. The zero-order chi connectivity index (χ0) is 15.4. The van der Waals surface area contributed by atoms with Gasteiger partial charge in [0.1, 0.15) is 5.75 Å². The van der Waals surface area contributed by atoms with Crippen LogP contribution in [0.1, 0.15) is 13.3 Å². The molecule has 1 aromatic carbocycles. The highest BCUT2D eigenvalue weighted by Gasteiger charge is 2.38. The molecule has 1 aliphatic heterocycles. The first-order valence-electron chi connectivity index (χ1n) is 6.52. The van der Waals surface area contributed by atoms with E-state index in [4.69, 9.17) is 4.74 Å². The summed E-state index contributed by atoms with van der Waals surface area (Å²) in [6.07, 6.45) is 1.76. The minimum atomic E-state index is -0.524. The van der Waals surface area contributed by atoms with Crippen molar-refractivity contribution in [3.63, 3.8) is 0 Å². The maximum Gasteiger partial charge on any atom is 0.308 e. The molecule has 1 atom stereocenters. The van der Waals surface area contributed by atoms with Gasteiger partial charge in [-0.05, 0) is 24.3 Å². The number of carbonyl (C=O) groups is 3. The summed E-state index contributed by atoms with van der Waals surface area (Å²) in [4.78, 5) is 36.2. The highest BCUT2D eigenvalue weighted by atomic mass is 16.5. The third kappa shape index (κ3) is 3.35. The Bertz CT molecular complexity index is 580. The Morgan fingerprint density at radius 3 is 2.67 bits per heavy atom. The summed E-state index contributed by atoms with van der Waals surface area (Å²) in [5, 5.41) is 2.95. The van der Waals surface area contributed by atoms with Crippen LogP contribution in [0.25, 0.3) is 0 Å². The van der Waals surface area contributed by atoms with Crippen molar-refractivity contribution in [2.24, 2.45) is 0 Å². The molecule has 2 amide bonds. The average Bonchev–Trinajstić information content (AvgIpc) is 2.72. The van der Waals surface area contributed by atoms with Gasteiger partial charge in [-0.15, -0.1) is 6.58 Å². The third-order valence-corrected chi connectivity index (χ3v) is 3.01. The molecule has 1 aliphatic rings. The molecule has 1 aromatic rings. The summed E-state index contributed by atoms with van der Waals surface area (Å²) in [5.41, 5.74) is 0.462. The Labute approximate surface area is 122 Å². The zero-order valence-electron chi connectivity index (χ0n) is 11.7. The third-order valence-electron chi connectivity index (χ3n) is 3.01. The number of ether oxygens (including phenoxy) is 1. The van der Waals surface area contributed by atoms with Gasteiger partial charge in [0.2, 0.25) is 5.91 Å². The smallest absolute Gasteiger partial charge is 0.308 e. The first-order valence-corrected chi connectivity index (χ1v) is 6.52. The molecule has 0 aromatic heterocycles. The lowest BCUT2D eigenvalue weighted by Crippen LogP contribution is -2.38. The van der Waals surface area contributed by atoms with Gasteiger partial charge in [0, 0.05) is 13.5 Å². The Balaban J connectivity index is 2.13. The Morgan fingerprint density at radius 1 is 1.43 bits per heavy atom. The normalized spacial score (nSPS) is 18.0. The van der Waals surface area contributed by atoms with E-state index in [1.54, 1.807) is 30.3 Å².